The molecule has 4 aromatic rings. The molecule has 0 heterocycles. The van der Waals surface area contributed by atoms with Crippen molar-refractivity contribution in [3.05, 3.63) is 82.9 Å². The van der Waals surface area contributed by atoms with Gasteiger partial charge in [0.15, 0.2) is 0 Å². The van der Waals surface area contributed by atoms with Crippen LogP contribution in [0.15, 0.2) is 60.7 Å². The van der Waals surface area contributed by atoms with Crippen LogP contribution in [0.1, 0.15) is 22.3 Å². The average Bonchev–Trinajstić information content (AvgIpc) is 2.59. The SMILES string of the molecule is Cc1ccc(C)c(-c2c3ccccc3cc3c(C)ccc(C)c23)c1. The van der Waals surface area contributed by atoms with E-state index in [1.54, 1.807) is 0 Å². The van der Waals surface area contributed by atoms with Gasteiger partial charge in [-0.2, -0.15) is 0 Å². The average molecular weight is 310 g/mol. The molecule has 0 heteroatoms. The highest BCUT2D eigenvalue weighted by Gasteiger charge is 2.14. The lowest BCUT2D eigenvalue weighted by Gasteiger charge is -2.17. The van der Waals surface area contributed by atoms with Gasteiger partial charge in [-0.3, -0.25) is 0 Å². The first-order chi connectivity index (χ1) is 11.6. The fourth-order valence-electron chi connectivity index (χ4n) is 3.78. The molecule has 0 aliphatic rings. The molecule has 24 heavy (non-hydrogen) atoms. The molecule has 0 nitrogen and oxygen atoms in total. The molecule has 0 saturated heterocycles. The summed E-state index contributed by atoms with van der Waals surface area (Å²) in [6, 6.07) is 22.4. The van der Waals surface area contributed by atoms with E-state index in [1.807, 2.05) is 0 Å². The standard InChI is InChI=1S/C24H22/c1-15-9-10-16(2)21(13-15)24-20-8-6-5-7-19(20)14-22-17(3)11-12-18(4)23(22)24/h5-14H,1-4H3. The van der Waals surface area contributed by atoms with Crippen LogP contribution in [-0.4, -0.2) is 0 Å². The number of benzene rings is 4. The third kappa shape index (κ3) is 2.22. The number of hydrogen-bond donors (Lipinski definition) is 0. The first-order valence-electron chi connectivity index (χ1n) is 8.55. The maximum absolute atomic E-state index is 2.35. The molecule has 0 N–H and O–H groups in total. The van der Waals surface area contributed by atoms with Gasteiger partial charge in [-0.15, -0.1) is 0 Å². The molecule has 0 atom stereocenters. The Bertz CT molecular complexity index is 1080. The van der Waals surface area contributed by atoms with Crippen molar-refractivity contribution < 1.29 is 0 Å². The summed E-state index contributed by atoms with van der Waals surface area (Å²) in [5, 5.41) is 5.41. The number of hydrogen-bond acceptors (Lipinski definition) is 0. The first-order valence-corrected chi connectivity index (χ1v) is 8.55. The summed E-state index contributed by atoms with van der Waals surface area (Å²) in [6.07, 6.45) is 0. The Hall–Kier alpha value is -2.60. The van der Waals surface area contributed by atoms with Gasteiger partial charge in [0.2, 0.25) is 0 Å². The highest BCUT2D eigenvalue weighted by atomic mass is 14.2. The van der Waals surface area contributed by atoms with E-state index in [1.165, 1.54) is 54.9 Å². The van der Waals surface area contributed by atoms with Crippen molar-refractivity contribution >= 4 is 21.5 Å². The van der Waals surface area contributed by atoms with Gasteiger partial charge in [-0.25, -0.2) is 0 Å². The van der Waals surface area contributed by atoms with Crippen LogP contribution >= 0.6 is 0 Å². The molecule has 0 aliphatic heterocycles. The number of fused-ring (bicyclic) bond motifs is 2. The fourth-order valence-corrected chi connectivity index (χ4v) is 3.78. The van der Waals surface area contributed by atoms with E-state index in [2.05, 4.69) is 88.4 Å². The Morgan fingerprint density at radius 1 is 0.583 bits per heavy atom. The van der Waals surface area contributed by atoms with Crippen LogP contribution in [0.2, 0.25) is 0 Å². The zero-order valence-electron chi connectivity index (χ0n) is 14.8. The van der Waals surface area contributed by atoms with E-state index in [0.717, 1.165) is 0 Å². The molecule has 0 bridgehead atoms. The molecule has 0 unspecified atom stereocenters. The molecule has 0 spiro atoms. The predicted octanol–water partition coefficient (Wildman–Crippen LogP) is 6.89. The predicted molar refractivity (Wildman–Crippen MR) is 106 cm³/mol. The summed E-state index contributed by atoms with van der Waals surface area (Å²) in [5.41, 5.74) is 8.06. The Morgan fingerprint density at radius 3 is 2.12 bits per heavy atom. The van der Waals surface area contributed by atoms with Crippen LogP contribution in [0.25, 0.3) is 32.7 Å². The van der Waals surface area contributed by atoms with Crippen molar-refractivity contribution in [1.29, 1.82) is 0 Å². The maximum Gasteiger partial charge on any atom is -0.00213 e. The largest absolute Gasteiger partial charge is 0.0616 e. The fraction of sp³-hybridized carbons (Fsp3) is 0.167. The molecule has 0 amide bonds. The highest BCUT2D eigenvalue weighted by Crippen LogP contribution is 2.40. The van der Waals surface area contributed by atoms with Crippen LogP contribution in [-0.2, 0) is 0 Å². The second kappa shape index (κ2) is 5.49. The zero-order valence-corrected chi connectivity index (χ0v) is 14.8. The zero-order chi connectivity index (χ0) is 16.8. The summed E-state index contributed by atoms with van der Waals surface area (Å²) >= 11 is 0. The monoisotopic (exact) mass is 310 g/mol. The Morgan fingerprint density at radius 2 is 1.29 bits per heavy atom. The second-order valence-corrected chi connectivity index (χ2v) is 6.91. The molecule has 0 aliphatic carbocycles. The molecule has 0 saturated carbocycles. The van der Waals surface area contributed by atoms with Gasteiger partial charge in [-0.05, 0) is 83.1 Å². The van der Waals surface area contributed by atoms with Crippen molar-refractivity contribution in [2.24, 2.45) is 0 Å². The van der Waals surface area contributed by atoms with Gasteiger partial charge in [0, 0.05) is 0 Å². The van der Waals surface area contributed by atoms with Crippen LogP contribution in [0.3, 0.4) is 0 Å². The van der Waals surface area contributed by atoms with Gasteiger partial charge < -0.3 is 0 Å². The van der Waals surface area contributed by atoms with Crippen LogP contribution in [0.4, 0.5) is 0 Å². The quantitative estimate of drug-likeness (QED) is 0.336. The Balaban J connectivity index is 2.30. The Labute approximate surface area is 143 Å². The lowest BCUT2D eigenvalue weighted by atomic mass is 9.86. The summed E-state index contributed by atoms with van der Waals surface area (Å²) in [5.74, 6) is 0. The van der Waals surface area contributed by atoms with Crippen LogP contribution in [0.5, 0.6) is 0 Å². The second-order valence-electron chi connectivity index (χ2n) is 6.91. The van der Waals surface area contributed by atoms with Gasteiger partial charge in [0.05, 0.1) is 0 Å². The number of rotatable bonds is 1. The minimum Gasteiger partial charge on any atom is -0.0616 e. The van der Waals surface area contributed by atoms with Gasteiger partial charge in [0.1, 0.15) is 0 Å². The summed E-state index contributed by atoms with van der Waals surface area (Å²) < 4.78 is 0. The smallest absolute Gasteiger partial charge is 0.00213 e. The third-order valence-corrected chi connectivity index (χ3v) is 5.11. The molecule has 0 fully saturated rings. The van der Waals surface area contributed by atoms with Crippen molar-refractivity contribution in [3.63, 3.8) is 0 Å². The minimum atomic E-state index is 1.31. The van der Waals surface area contributed by atoms with E-state index in [-0.39, 0.29) is 0 Å². The molecule has 0 radical (unpaired) electrons. The van der Waals surface area contributed by atoms with Crippen molar-refractivity contribution in [1.82, 2.24) is 0 Å². The van der Waals surface area contributed by atoms with Crippen molar-refractivity contribution in [2.45, 2.75) is 27.7 Å². The molecule has 118 valence electrons. The van der Waals surface area contributed by atoms with Crippen LogP contribution in [0, 0.1) is 27.7 Å². The van der Waals surface area contributed by atoms with Crippen molar-refractivity contribution in [3.8, 4) is 11.1 Å². The van der Waals surface area contributed by atoms with E-state index in [4.69, 9.17) is 0 Å². The molecular weight excluding hydrogens is 288 g/mol. The number of aryl methyl sites for hydroxylation is 4. The maximum atomic E-state index is 2.35. The Kier molecular flexibility index (Phi) is 3.42. The third-order valence-electron chi connectivity index (χ3n) is 5.11. The van der Waals surface area contributed by atoms with Gasteiger partial charge >= 0.3 is 0 Å². The van der Waals surface area contributed by atoms with E-state index < -0.39 is 0 Å². The summed E-state index contributed by atoms with van der Waals surface area (Å²) in [6.45, 7) is 8.83. The minimum absolute atomic E-state index is 1.31. The molecule has 4 aromatic carbocycles. The van der Waals surface area contributed by atoms with Crippen LogP contribution < -0.4 is 0 Å². The summed E-state index contributed by atoms with van der Waals surface area (Å²) in [7, 11) is 0. The molecule has 4 rings (SSSR count). The lowest BCUT2D eigenvalue weighted by molar-refractivity contribution is 1.40. The molecule has 0 aromatic heterocycles. The van der Waals surface area contributed by atoms with Gasteiger partial charge in [-0.1, -0.05) is 60.2 Å². The topological polar surface area (TPSA) is 0 Å². The van der Waals surface area contributed by atoms with E-state index in [9.17, 15) is 0 Å². The van der Waals surface area contributed by atoms with Gasteiger partial charge in [0.25, 0.3) is 0 Å². The molecular formula is C24H22. The first kappa shape index (κ1) is 15.0. The lowest BCUT2D eigenvalue weighted by Crippen LogP contribution is -1.92. The van der Waals surface area contributed by atoms with Crippen molar-refractivity contribution in [2.75, 3.05) is 0 Å². The normalized spacial score (nSPS) is 11.3. The van der Waals surface area contributed by atoms with E-state index in [0.29, 0.717) is 0 Å². The van der Waals surface area contributed by atoms with E-state index >= 15 is 0 Å². The summed E-state index contributed by atoms with van der Waals surface area (Å²) in [4.78, 5) is 0. The highest BCUT2D eigenvalue weighted by molar-refractivity contribution is 6.14.